The summed E-state index contributed by atoms with van der Waals surface area (Å²) in [6.07, 6.45) is 1.41. The quantitative estimate of drug-likeness (QED) is 0.782. The Morgan fingerprint density at radius 2 is 2.14 bits per heavy atom. The number of ether oxygens (including phenoxy) is 2. The van der Waals surface area contributed by atoms with Crippen LogP contribution in [0, 0.1) is 5.92 Å². The van der Waals surface area contributed by atoms with Crippen molar-refractivity contribution in [3.63, 3.8) is 0 Å². The molecule has 0 aliphatic carbocycles. The van der Waals surface area contributed by atoms with E-state index in [-0.39, 0.29) is 11.9 Å². The number of nitrogens with zero attached hydrogens (tertiary/aromatic N) is 1. The zero-order valence-electron chi connectivity index (χ0n) is 13.4. The number of methoxy groups -OCH3 is 2. The third-order valence-electron chi connectivity index (χ3n) is 4.36. The molecule has 2 unspecified atom stereocenters. The molecule has 4 nitrogen and oxygen atoms in total. The number of hydrogen-bond acceptors (Lipinski definition) is 4. The van der Waals surface area contributed by atoms with Crippen LogP contribution in [-0.2, 0) is 11.3 Å². The first kappa shape index (κ1) is 16.0. The van der Waals surface area contributed by atoms with Gasteiger partial charge in [-0.15, -0.1) is 0 Å². The minimum atomic E-state index is 0.0842. The van der Waals surface area contributed by atoms with Crippen molar-refractivity contribution in [3.8, 4) is 5.75 Å². The van der Waals surface area contributed by atoms with E-state index in [0.717, 1.165) is 42.9 Å². The molecule has 1 aliphatic heterocycles. The second-order valence-electron chi connectivity index (χ2n) is 5.86. The van der Waals surface area contributed by atoms with Crippen molar-refractivity contribution in [1.29, 1.82) is 0 Å². The smallest absolute Gasteiger partial charge is 0.159 e. The molecule has 0 amide bonds. The van der Waals surface area contributed by atoms with E-state index in [4.69, 9.17) is 9.47 Å². The largest absolute Gasteiger partial charge is 0.496 e. The summed E-state index contributed by atoms with van der Waals surface area (Å²) in [5.41, 5.74) is 1.80. The molecule has 1 aromatic rings. The molecule has 0 N–H and O–H groups in total. The third kappa shape index (κ3) is 3.83. The fraction of sp³-hybridized carbons (Fsp3) is 0.588. The lowest BCUT2D eigenvalue weighted by atomic mass is 9.95. The monoisotopic (exact) mass is 291 g/mol. The first-order valence-corrected chi connectivity index (χ1v) is 7.48. The average Bonchev–Trinajstić information content (AvgIpc) is 2.49. The molecule has 21 heavy (non-hydrogen) atoms. The van der Waals surface area contributed by atoms with Crippen LogP contribution in [0.15, 0.2) is 18.2 Å². The van der Waals surface area contributed by atoms with Crippen LogP contribution < -0.4 is 4.74 Å². The highest BCUT2D eigenvalue weighted by atomic mass is 16.5. The zero-order valence-corrected chi connectivity index (χ0v) is 13.4. The number of Topliss-reactive ketones (excluding diaryl/α,β-unsaturated/α-hetero) is 1. The summed E-state index contributed by atoms with van der Waals surface area (Å²) in [6, 6.07) is 5.65. The molecule has 0 saturated carbocycles. The maximum Gasteiger partial charge on any atom is 0.159 e. The molecule has 116 valence electrons. The minimum absolute atomic E-state index is 0.0842. The van der Waals surface area contributed by atoms with Gasteiger partial charge in [-0.25, -0.2) is 0 Å². The number of likely N-dealkylation sites (tertiary alicyclic amines) is 1. The number of ketones is 1. The van der Waals surface area contributed by atoms with Crippen LogP contribution in [-0.4, -0.2) is 44.1 Å². The van der Waals surface area contributed by atoms with E-state index in [9.17, 15) is 4.79 Å². The molecule has 2 rings (SSSR count). The Balaban J connectivity index is 2.14. The Labute approximate surface area is 127 Å². The molecule has 1 saturated heterocycles. The second kappa shape index (κ2) is 7.05. The lowest BCUT2D eigenvalue weighted by Gasteiger charge is -2.36. The molecular weight excluding hydrogens is 266 g/mol. The summed E-state index contributed by atoms with van der Waals surface area (Å²) in [6.45, 7) is 6.59. The highest BCUT2D eigenvalue weighted by Gasteiger charge is 2.26. The lowest BCUT2D eigenvalue weighted by molar-refractivity contribution is -0.00762. The average molecular weight is 291 g/mol. The van der Waals surface area contributed by atoms with Crippen molar-refractivity contribution in [2.45, 2.75) is 32.9 Å². The van der Waals surface area contributed by atoms with Gasteiger partial charge < -0.3 is 9.47 Å². The topological polar surface area (TPSA) is 38.8 Å². The van der Waals surface area contributed by atoms with E-state index in [0.29, 0.717) is 5.92 Å². The van der Waals surface area contributed by atoms with Crippen molar-refractivity contribution in [2.75, 3.05) is 27.3 Å². The highest BCUT2D eigenvalue weighted by Crippen LogP contribution is 2.25. The van der Waals surface area contributed by atoms with Crippen molar-refractivity contribution >= 4 is 5.78 Å². The molecule has 1 aromatic carbocycles. The van der Waals surface area contributed by atoms with Crippen LogP contribution in [0.2, 0.25) is 0 Å². The fourth-order valence-corrected chi connectivity index (χ4v) is 2.91. The number of rotatable bonds is 5. The van der Waals surface area contributed by atoms with Gasteiger partial charge in [0.1, 0.15) is 5.75 Å². The van der Waals surface area contributed by atoms with Gasteiger partial charge in [0, 0.05) is 31.3 Å². The van der Waals surface area contributed by atoms with Crippen molar-refractivity contribution in [3.05, 3.63) is 29.3 Å². The molecule has 1 aliphatic rings. The first-order valence-electron chi connectivity index (χ1n) is 7.48. The van der Waals surface area contributed by atoms with E-state index in [1.54, 1.807) is 21.1 Å². The molecule has 1 heterocycles. The van der Waals surface area contributed by atoms with Crippen molar-refractivity contribution < 1.29 is 14.3 Å². The highest BCUT2D eigenvalue weighted by molar-refractivity contribution is 5.94. The van der Waals surface area contributed by atoms with Gasteiger partial charge in [0.2, 0.25) is 0 Å². The number of carbonyl (C=O) groups excluding carboxylic acids is 1. The predicted molar refractivity (Wildman–Crippen MR) is 82.9 cm³/mol. The number of hydrogen-bond donors (Lipinski definition) is 0. The van der Waals surface area contributed by atoms with Gasteiger partial charge >= 0.3 is 0 Å². The zero-order chi connectivity index (χ0) is 15.4. The minimum Gasteiger partial charge on any atom is -0.496 e. The third-order valence-corrected chi connectivity index (χ3v) is 4.36. The Bertz CT molecular complexity index is 501. The van der Waals surface area contributed by atoms with Crippen LogP contribution in [0.1, 0.15) is 36.2 Å². The van der Waals surface area contributed by atoms with Crippen LogP contribution in [0.4, 0.5) is 0 Å². The van der Waals surface area contributed by atoms with Crippen molar-refractivity contribution in [2.24, 2.45) is 5.92 Å². The van der Waals surface area contributed by atoms with E-state index < -0.39 is 0 Å². The van der Waals surface area contributed by atoms with E-state index in [1.807, 2.05) is 18.2 Å². The number of carbonyl (C=O) groups is 1. The maximum absolute atomic E-state index is 11.6. The molecule has 1 fully saturated rings. The Kier molecular flexibility index (Phi) is 5.37. The summed E-state index contributed by atoms with van der Waals surface area (Å²) < 4.78 is 11.0. The van der Waals surface area contributed by atoms with Gasteiger partial charge in [0.15, 0.2) is 5.78 Å². The fourth-order valence-electron chi connectivity index (χ4n) is 2.91. The first-order chi connectivity index (χ1) is 10.0. The van der Waals surface area contributed by atoms with Crippen molar-refractivity contribution in [1.82, 2.24) is 4.90 Å². The standard InChI is InChI=1S/C17H25NO3/c1-12-7-8-18(11-17(12)21-4)10-15-9-14(13(2)19)5-6-16(15)20-3/h5-6,9,12,17H,7-8,10-11H2,1-4H3. The van der Waals surface area contributed by atoms with E-state index >= 15 is 0 Å². The Morgan fingerprint density at radius 3 is 2.76 bits per heavy atom. The molecule has 0 bridgehead atoms. The number of piperidine rings is 1. The number of benzene rings is 1. The maximum atomic E-state index is 11.6. The molecule has 2 atom stereocenters. The SMILES string of the molecule is COc1ccc(C(C)=O)cc1CN1CCC(C)C(OC)C1. The van der Waals surface area contributed by atoms with Gasteiger partial charge in [-0.05, 0) is 44.0 Å². The predicted octanol–water partition coefficient (Wildman–Crippen LogP) is 2.75. The molecule has 0 spiro atoms. The van der Waals surface area contributed by atoms with Gasteiger partial charge in [0.05, 0.1) is 13.2 Å². The van der Waals surface area contributed by atoms with E-state index in [2.05, 4.69) is 11.8 Å². The molecule has 4 heteroatoms. The van der Waals surface area contributed by atoms with Crippen LogP contribution in [0.5, 0.6) is 5.75 Å². The second-order valence-corrected chi connectivity index (χ2v) is 5.86. The van der Waals surface area contributed by atoms with Gasteiger partial charge in [-0.3, -0.25) is 9.69 Å². The summed E-state index contributed by atoms with van der Waals surface area (Å²) in [7, 11) is 3.45. The molecular formula is C17H25NO3. The summed E-state index contributed by atoms with van der Waals surface area (Å²) in [5, 5.41) is 0. The van der Waals surface area contributed by atoms with Crippen LogP contribution in [0.3, 0.4) is 0 Å². The Morgan fingerprint density at radius 1 is 1.38 bits per heavy atom. The summed E-state index contributed by atoms with van der Waals surface area (Å²) >= 11 is 0. The van der Waals surface area contributed by atoms with Gasteiger partial charge in [0.25, 0.3) is 0 Å². The lowest BCUT2D eigenvalue weighted by Crippen LogP contribution is -2.43. The van der Waals surface area contributed by atoms with Gasteiger partial charge in [-0.2, -0.15) is 0 Å². The summed E-state index contributed by atoms with van der Waals surface area (Å²) in [4.78, 5) is 13.9. The van der Waals surface area contributed by atoms with Gasteiger partial charge in [-0.1, -0.05) is 6.92 Å². The Hall–Kier alpha value is -1.39. The summed E-state index contributed by atoms with van der Waals surface area (Å²) in [5.74, 6) is 1.52. The van der Waals surface area contributed by atoms with Crippen LogP contribution >= 0.6 is 0 Å². The van der Waals surface area contributed by atoms with Crippen LogP contribution in [0.25, 0.3) is 0 Å². The molecule has 0 radical (unpaired) electrons. The van der Waals surface area contributed by atoms with E-state index in [1.165, 1.54) is 0 Å². The normalized spacial score (nSPS) is 23.0. The molecule has 0 aromatic heterocycles.